The molecule has 2 aromatic rings. The third kappa shape index (κ3) is 2.22. The summed E-state index contributed by atoms with van der Waals surface area (Å²) in [4.78, 5) is 14.3. The molecule has 0 spiro atoms. The first-order chi connectivity index (χ1) is 11.1. The van der Waals surface area contributed by atoms with Crippen LogP contribution in [0, 0.1) is 0 Å². The number of benzene rings is 1. The highest BCUT2D eigenvalue weighted by Gasteiger charge is 2.38. The molecule has 0 unspecified atom stereocenters. The predicted molar refractivity (Wildman–Crippen MR) is 77.9 cm³/mol. The number of carbonyl (C=O) groups excluding carboxylic acids is 1. The number of aromatic hydroxyl groups is 2. The van der Waals surface area contributed by atoms with Crippen LogP contribution >= 0.6 is 0 Å². The molecule has 4 rings (SSSR count). The van der Waals surface area contributed by atoms with Crippen molar-refractivity contribution >= 4 is 5.91 Å². The molecule has 8 nitrogen and oxygen atoms in total. The second-order valence-corrected chi connectivity index (χ2v) is 5.80. The molecule has 8 heteroatoms. The highest BCUT2D eigenvalue weighted by Crippen LogP contribution is 2.33. The fourth-order valence-electron chi connectivity index (χ4n) is 3.27. The molecule has 0 radical (unpaired) electrons. The number of piperidine rings is 1. The molecule has 120 valence electrons. The van der Waals surface area contributed by atoms with Gasteiger partial charge in [-0.15, -0.1) is 5.10 Å². The van der Waals surface area contributed by atoms with Gasteiger partial charge < -0.3 is 19.8 Å². The standard InChI is InChI=1S/C15H16N4O4/c20-11-2-1-3-12(21)14(11)15(22)18-5-4-13-10(7-18)19-9(8-23-13)6-16-17-19/h1-3,6,10,13,20-21H,4-5,7-8H2/t10-,13-/m1/s1. The van der Waals surface area contributed by atoms with Crippen LogP contribution in [-0.2, 0) is 11.3 Å². The summed E-state index contributed by atoms with van der Waals surface area (Å²) in [6, 6.07) is 4.16. The van der Waals surface area contributed by atoms with Crippen molar-refractivity contribution < 1.29 is 19.7 Å². The topological polar surface area (TPSA) is 101 Å². The van der Waals surface area contributed by atoms with E-state index in [0.717, 1.165) is 5.69 Å². The second kappa shape index (κ2) is 5.24. The van der Waals surface area contributed by atoms with E-state index >= 15 is 0 Å². The highest BCUT2D eigenvalue weighted by molar-refractivity contribution is 5.99. The molecule has 0 bridgehead atoms. The zero-order valence-electron chi connectivity index (χ0n) is 12.3. The smallest absolute Gasteiger partial charge is 0.261 e. The highest BCUT2D eigenvalue weighted by atomic mass is 16.5. The van der Waals surface area contributed by atoms with Crippen LogP contribution in [0.15, 0.2) is 24.4 Å². The summed E-state index contributed by atoms with van der Waals surface area (Å²) in [6.07, 6.45) is 2.32. The van der Waals surface area contributed by atoms with Gasteiger partial charge in [0.05, 0.1) is 30.6 Å². The lowest BCUT2D eigenvalue weighted by Gasteiger charge is -2.41. The van der Waals surface area contributed by atoms with Gasteiger partial charge in [0.1, 0.15) is 17.1 Å². The first-order valence-electron chi connectivity index (χ1n) is 7.46. The van der Waals surface area contributed by atoms with Crippen molar-refractivity contribution in [3.8, 4) is 11.5 Å². The molecule has 1 amide bonds. The molecule has 0 aliphatic carbocycles. The largest absolute Gasteiger partial charge is 0.507 e. The average Bonchev–Trinajstić information content (AvgIpc) is 3.03. The first kappa shape index (κ1) is 14.0. The zero-order chi connectivity index (χ0) is 16.0. The Morgan fingerprint density at radius 1 is 1.30 bits per heavy atom. The van der Waals surface area contributed by atoms with E-state index in [4.69, 9.17) is 4.74 Å². The molecule has 2 aliphatic heterocycles. The summed E-state index contributed by atoms with van der Waals surface area (Å²) in [5.41, 5.74) is 0.812. The third-order valence-corrected chi connectivity index (χ3v) is 4.45. The number of nitrogens with zero attached hydrogens (tertiary/aromatic N) is 4. The first-order valence-corrected chi connectivity index (χ1v) is 7.46. The van der Waals surface area contributed by atoms with Crippen molar-refractivity contribution in [2.24, 2.45) is 0 Å². The molecular weight excluding hydrogens is 300 g/mol. The Kier molecular flexibility index (Phi) is 3.19. The van der Waals surface area contributed by atoms with E-state index in [0.29, 0.717) is 26.1 Å². The quantitative estimate of drug-likeness (QED) is 0.802. The van der Waals surface area contributed by atoms with Gasteiger partial charge in [-0.3, -0.25) is 4.79 Å². The van der Waals surface area contributed by atoms with Crippen LogP contribution in [0.25, 0.3) is 0 Å². The van der Waals surface area contributed by atoms with Crippen molar-refractivity contribution in [3.63, 3.8) is 0 Å². The Balaban J connectivity index is 1.62. The molecule has 23 heavy (non-hydrogen) atoms. The van der Waals surface area contributed by atoms with Crippen LogP contribution in [0.2, 0.25) is 0 Å². The number of ether oxygens (including phenoxy) is 1. The van der Waals surface area contributed by atoms with Gasteiger partial charge in [-0.25, -0.2) is 4.68 Å². The van der Waals surface area contributed by atoms with E-state index < -0.39 is 5.91 Å². The van der Waals surface area contributed by atoms with E-state index in [9.17, 15) is 15.0 Å². The Bertz CT molecular complexity index is 739. The van der Waals surface area contributed by atoms with Crippen molar-refractivity contribution in [2.45, 2.75) is 25.2 Å². The Morgan fingerprint density at radius 2 is 2.09 bits per heavy atom. The van der Waals surface area contributed by atoms with E-state index in [-0.39, 0.29) is 29.2 Å². The molecule has 3 heterocycles. The minimum absolute atomic E-state index is 0.00813. The van der Waals surface area contributed by atoms with Crippen LogP contribution < -0.4 is 0 Å². The maximum Gasteiger partial charge on any atom is 0.261 e. The van der Waals surface area contributed by atoms with Gasteiger partial charge in [0.25, 0.3) is 5.91 Å². The molecular formula is C15H16N4O4. The maximum atomic E-state index is 12.7. The van der Waals surface area contributed by atoms with Crippen molar-refractivity contribution in [1.29, 1.82) is 0 Å². The summed E-state index contributed by atoms with van der Waals surface area (Å²) in [5, 5.41) is 27.8. The lowest BCUT2D eigenvalue weighted by atomic mass is 9.99. The number of rotatable bonds is 1. The summed E-state index contributed by atoms with van der Waals surface area (Å²) < 4.78 is 7.61. The lowest BCUT2D eigenvalue weighted by molar-refractivity contribution is -0.0605. The van der Waals surface area contributed by atoms with Crippen molar-refractivity contribution in [2.75, 3.05) is 13.1 Å². The summed E-state index contributed by atoms with van der Waals surface area (Å²) in [7, 11) is 0. The number of phenolic OH excluding ortho intramolecular Hbond substituents is 2. The van der Waals surface area contributed by atoms with Gasteiger partial charge >= 0.3 is 0 Å². The number of amides is 1. The van der Waals surface area contributed by atoms with E-state index in [2.05, 4.69) is 10.3 Å². The lowest BCUT2D eigenvalue weighted by Crippen LogP contribution is -2.49. The third-order valence-electron chi connectivity index (χ3n) is 4.45. The molecule has 1 aromatic heterocycles. The van der Waals surface area contributed by atoms with Gasteiger partial charge in [0.2, 0.25) is 0 Å². The molecule has 2 aliphatic rings. The molecule has 2 atom stereocenters. The van der Waals surface area contributed by atoms with Gasteiger partial charge in [-0.1, -0.05) is 11.3 Å². The number of fused-ring (bicyclic) bond motifs is 3. The number of hydrogen-bond donors (Lipinski definition) is 2. The zero-order valence-corrected chi connectivity index (χ0v) is 12.3. The van der Waals surface area contributed by atoms with E-state index in [1.807, 2.05) is 0 Å². The number of carbonyl (C=O) groups is 1. The molecule has 0 saturated carbocycles. The Labute approximate surface area is 131 Å². The molecule has 1 fully saturated rings. The fraction of sp³-hybridized carbons (Fsp3) is 0.400. The van der Waals surface area contributed by atoms with E-state index in [1.54, 1.807) is 15.8 Å². The van der Waals surface area contributed by atoms with Gasteiger partial charge in [-0.05, 0) is 18.6 Å². The SMILES string of the molecule is O=C(c1c(O)cccc1O)N1CC[C@H]2OCc3cnnn3[C@@H]2C1. The Hall–Kier alpha value is -2.61. The van der Waals surface area contributed by atoms with E-state index in [1.165, 1.54) is 18.2 Å². The normalized spacial score (nSPS) is 23.2. The van der Waals surface area contributed by atoms with Crippen LogP contribution in [-0.4, -0.2) is 55.2 Å². The van der Waals surface area contributed by atoms with Gasteiger partial charge in [-0.2, -0.15) is 0 Å². The molecule has 2 N–H and O–H groups in total. The summed E-state index contributed by atoms with van der Waals surface area (Å²) in [5.74, 6) is -0.844. The summed E-state index contributed by atoms with van der Waals surface area (Å²) >= 11 is 0. The minimum Gasteiger partial charge on any atom is -0.507 e. The minimum atomic E-state index is -0.397. The van der Waals surface area contributed by atoms with Crippen LogP contribution in [0.1, 0.15) is 28.5 Å². The maximum absolute atomic E-state index is 12.7. The predicted octanol–water partition coefficient (Wildman–Crippen LogP) is 0.675. The van der Waals surface area contributed by atoms with Gasteiger partial charge in [0, 0.05) is 13.1 Å². The van der Waals surface area contributed by atoms with Crippen LogP contribution in [0.4, 0.5) is 0 Å². The van der Waals surface area contributed by atoms with Crippen molar-refractivity contribution in [1.82, 2.24) is 19.9 Å². The monoisotopic (exact) mass is 316 g/mol. The Morgan fingerprint density at radius 3 is 2.87 bits per heavy atom. The van der Waals surface area contributed by atoms with Crippen LogP contribution in [0.3, 0.4) is 0 Å². The molecule has 1 aromatic carbocycles. The van der Waals surface area contributed by atoms with Crippen LogP contribution in [0.5, 0.6) is 11.5 Å². The molecule has 1 saturated heterocycles. The van der Waals surface area contributed by atoms with Crippen molar-refractivity contribution in [3.05, 3.63) is 35.7 Å². The van der Waals surface area contributed by atoms with Gasteiger partial charge in [0.15, 0.2) is 0 Å². The number of phenols is 2. The summed E-state index contributed by atoms with van der Waals surface area (Å²) in [6.45, 7) is 1.37. The average molecular weight is 316 g/mol. The fourth-order valence-corrected chi connectivity index (χ4v) is 3.27. The number of likely N-dealkylation sites (tertiary alicyclic amines) is 1. The number of hydrogen-bond acceptors (Lipinski definition) is 6. The number of aromatic nitrogens is 3. The second-order valence-electron chi connectivity index (χ2n) is 5.80.